The molecule has 0 bridgehead atoms. The van der Waals surface area contributed by atoms with Crippen LogP contribution in [0.15, 0.2) is 0 Å². The summed E-state index contributed by atoms with van der Waals surface area (Å²) in [5.41, 5.74) is 5.66. The first-order chi connectivity index (χ1) is 7.38. The molecule has 0 saturated heterocycles. The molecule has 4 N–H and O–H groups in total. The Hall–Kier alpha value is -1.10. The molecule has 2 atom stereocenters. The molecule has 0 radical (unpaired) electrons. The molecule has 2 unspecified atom stereocenters. The Labute approximate surface area is 96.4 Å². The SMILES string of the molecule is CCC(CNC(=O)C(N)C(C)C)CC(=O)O. The van der Waals surface area contributed by atoms with Crippen molar-refractivity contribution in [3.63, 3.8) is 0 Å². The predicted molar refractivity (Wildman–Crippen MR) is 61.9 cm³/mol. The first-order valence-corrected chi connectivity index (χ1v) is 5.63. The summed E-state index contributed by atoms with van der Waals surface area (Å²) in [7, 11) is 0. The second kappa shape index (κ2) is 7.22. The topological polar surface area (TPSA) is 92.4 Å². The van der Waals surface area contributed by atoms with Crippen molar-refractivity contribution in [1.82, 2.24) is 5.32 Å². The van der Waals surface area contributed by atoms with Crippen molar-refractivity contribution in [3.8, 4) is 0 Å². The number of carboxylic acid groups (broad SMARTS) is 1. The molecule has 0 aliphatic heterocycles. The minimum atomic E-state index is -0.839. The van der Waals surface area contributed by atoms with E-state index in [1.54, 1.807) is 0 Å². The van der Waals surface area contributed by atoms with E-state index in [0.29, 0.717) is 6.54 Å². The number of aliphatic carboxylic acids is 1. The van der Waals surface area contributed by atoms with E-state index >= 15 is 0 Å². The van der Waals surface area contributed by atoms with E-state index in [9.17, 15) is 9.59 Å². The minimum absolute atomic E-state index is 0.0270. The fourth-order valence-electron chi connectivity index (χ4n) is 1.27. The molecule has 0 aliphatic carbocycles. The van der Waals surface area contributed by atoms with Crippen LogP contribution in [-0.2, 0) is 9.59 Å². The molecule has 1 amide bonds. The van der Waals surface area contributed by atoms with Crippen LogP contribution >= 0.6 is 0 Å². The van der Waals surface area contributed by atoms with Crippen LogP contribution in [0, 0.1) is 11.8 Å². The van der Waals surface area contributed by atoms with Gasteiger partial charge in [0, 0.05) is 13.0 Å². The quantitative estimate of drug-likeness (QED) is 0.596. The molecule has 0 aromatic carbocycles. The Morgan fingerprint density at radius 3 is 2.31 bits per heavy atom. The van der Waals surface area contributed by atoms with Gasteiger partial charge in [-0.15, -0.1) is 0 Å². The number of rotatable bonds is 7. The van der Waals surface area contributed by atoms with Gasteiger partial charge in [0.2, 0.25) is 5.91 Å². The Balaban J connectivity index is 4.01. The highest BCUT2D eigenvalue weighted by Crippen LogP contribution is 2.07. The number of nitrogens with two attached hydrogens (primary N) is 1. The highest BCUT2D eigenvalue weighted by atomic mass is 16.4. The molecular weight excluding hydrogens is 208 g/mol. The number of carbonyl (C=O) groups is 2. The predicted octanol–water partition coefficient (Wildman–Crippen LogP) is 0.587. The van der Waals surface area contributed by atoms with E-state index < -0.39 is 12.0 Å². The monoisotopic (exact) mass is 230 g/mol. The van der Waals surface area contributed by atoms with Gasteiger partial charge >= 0.3 is 5.97 Å². The molecule has 0 aromatic rings. The molecule has 5 nitrogen and oxygen atoms in total. The van der Waals surface area contributed by atoms with Gasteiger partial charge in [-0.25, -0.2) is 0 Å². The van der Waals surface area contributed by atoms with Crippen LogP contribution < -0.4 is 11.1 Å². The Morgan fingerprint density at radius 1 is 1.38 bits per heavy atom. The fourth-order valence-corrected chi connectivity index (χ4v) is 1.27. The third-order valence-corrected chi connectivity index (χ3v) is 2.63. The fraction of sp³-hybridized carbons (Fsp3) is 0.818. The summed E-state index contributed by atoms with van der Waals surface area (Å²) < 4.78 is 0. The van der Waals surface area contributed by atoms with Gasteiger partial charge in [0.25, 0.3) is 0 Å². The molecule has 0 heterocycles. The van der Waals surface area contributed by atoms with Gasteiger partial charge < -0.3 is 16.2 Å². The first kappa shape index (κ1) is 14.9. The normalized spacial score (nSPS) is 14.6. The van der Waals surface area contributed by atoms with E-state index in [-0.39, 0.29) is 24.2 Å². The van der Waals surface area contributed by atoms with Crippen molar-refractivity contribution >= 4 is 11.9 Å². The van der Waals surface area contributed by atoms with Crippen molar-refractivity contribution in [1.29, 1.82) is 0 Å². The average Bonchev–Trinajstić information content (AvgIpc) is 2.21. The largest absolute Gasteiger partial charge is 0.481 e. The number of amides is 1. The van der Waals surface area contributed by atoms with Crippen molar-refractivity contribution < 1.29 is 14.7 Å². The second-order valence-electron chi connectivity index (χ2n) is 4.39. The molecule has 0 aliphatic rings. The standard InChI is InChI=1S/C11H22N2O3/c1-4-8(5-9(14)15)6-13-11(16)10(12)7(2)3/h7-8,10H,4-6,12H2,1-3H3,(H,13,16)(H,14,15). The summed E-state index contributed by atoms with van der Waals surface area (Å²) in [6, 6.07) is -0.526. The first-order valence-electron chi connectivity index (χ1n) is 5.63. The van der Waals surface area contributed by atoms with E-state index in [0.717, 1.165) is 6.42 Å². The van der Waals surface area contributed by atoms with Gasteiger partial charge in [0.15, 0.2) is 0 Å². The molecule has 16 heavy (non-hydrogen) atoms. The van der Waals surface area contributed by atoms with Crippen LogP contribution in [0.25, 0.3) is 0 Å². The van der Waals surface area contributed by atoms with Crippen LogP contribution in [0.1, 0.15) is 33.6 Å². The zero-order valence-corrected chi connectivity index (χ0v) is 10.2. The van der Waals surface area contributed by atoms with Crippen molar-refractivity contribution in [2.45, 2.75) is 39.7 Å². The van der Waals surface area contributed by atoms with E-state index in [1.165, 1.54) is 0 Å². The van der Waals surface area contributed by atoms with E-state index in [1.807, 2.05) is 20.8 Å². The molecule has 0 rings (SSSR count). The summed E-state index contributed by atoms with van der Waals surface area (Å²) in [5.74, 6) is -0.992. The zero-order chi connectivity index (χ0) is 12.7. The van der Waals surface area contributed by atoms with Gasteiger partial charge in [0.1, 0.15) is 0 Å². The summed E-state index contributed by atoms with van der Waals surface area (Å²) in [5, 5.41) is 11.3. The summed E-state index contributed by atoms with van der Waals surface area (Å²) >= 11 is 0. The van der Waals surface area contributed by atoms with Crippen LogP contribution in [0.4, 0.5) is 0 Å². The number of hydrogen-bond acceptors (Lipinski definition) is 3. The third kappa shape index (κ3) is 5.70. The lowest BCUT2D eigenvalue weighted by Gasteiger charge is -2.18. The Bertz CT molecular complexity index is 241. The smallest absolute Gasteiger partial charge is 0.303 e. The Kier molecular flexibility index (Phi) is 6.72. The lowest BCUT2D eigenvalue weighted by Crippen LogP contribution is -2.45. The summed E-state index contributed by atoms with van der Waals surface area (Å²) in [6.07, 6.45) is 0.803. The number of carboxylic acids is 1. The van der Waals surface area contributed by atoms with Crippen LogP contribution in [0.3, 0.4) is 0 Å². The van der Waals surface area contributed by atoms with Gasteiger partial charge in [0.05, 0.1) is 6.04 Å². The third-order valence-electron chi connectivity index (χ3n) is 2.63. The Morgan fingerprint density at radius 2 is 1.94 bits per heavy atom. The van der Waals surface area contributed by atoms with Gasteiger partial charge in [-0.05, 0) is 11.8 Å². The van der Waals surface area contributed by atoms with Crippen LogP contribution in [0.5, 0.6) is 0 Å². The second-order valence-corrected chi connectivity index (χ2v) is 4.39. The number of nitrogens with one attached hydrogen (secondary N) is 1. The van der Waals surface area contributed by atoms with Crippen LogP contribution in [0.2, 0.25) is 0 Å². The molecular formula is C11H22N2O3. The summed E-state index contributed by atoms with van der Waals surface area (Å²) in [6.45, 7) is 6.03. The maximum atomic E-state index is 11.5. The molecule has 5 heteroatoms. The summed E-state index contributed by atoms with van der Waals surface area (Å²) in [4.78, 5) is 22.0. The molecule has 0 spiro atoms. The number of carbonyl (C=O) groups excluding carboxylic acids is 1. The van der Waals surface area contributed by atoms with E-state index in [4.69, 9.17) is 10.8 Å². The van der Waals surface area contributed by atoms with Gasteiger partial charge in [-0.3, -0.25) is 9.59 Å². The van der Waals surface area contributed by atoms with E-state index in [2.05, 4.69) is 5.32 Å². The van der Waals surface area contributed by atoms with Crippen LogP contribution in [-0.4, -0.2) is 29.6 Å². The van der Waals surface area contributed by atoms with Gasteiger partial charge in [-0.2, -0.15) is 0 Å². The molecule has 0 fully saturated rings. The molecule has 0 saturated carbocycles. The lowest BCUT2D eigenvalue weighted by molar-refractivity contribution is -0.138. The zero-order valence-electron chi connectivity index (χ0n) is 10.2. The maximum Gasteiger partial charge on any atom is 0.303 e. The average molecular weight is 230 g/mol. The highest BCUT2D eigenvalue weighted by molar-refractivity contribution is 5.81. The van der Waals surface area contributed by atoms with Crippen molar-refractivity contribution in [2.75, 3.05) is 6.54 Å². The lowest BCUT2D eigenvalue weighted by atomic mass is 10.0. The highest BCUT2D eigenvalue weighted by Gasteiger charge is 2.18. The molecule has 94 valence electrons. The maximum absolute atomic E-state index is 11.5. The minimum Gasteiger partial charge on any atom is -0.481 e. The van der Waals surface area contributed by atoms with Gasteiger partial charge in [-0.1, -0.05) is 27.2 Å². The van der Waals surface area contributed by atoms with Crippen molar-refractivity contribution in [2.24, 2.45) is 17.6 Å². The molecule has 0 aromatic heterocycles. The van der Waals surface area contributed by atoms with Crippen molar-refractivity contribution in [3.05, 3.63) is 0 Å². The number of hydrogen-bond donors (Lipinski definition) is 3.